The highest BCUT2D eigenvalue weighted by atomic mass is 15.3. The Bertz CT molecular complexity index is 1260. The maximum absolute atomic E-state index is 4.68. The normalized spacial score (nSPS) is 12.6. The van der Waals surface area contributed by atoms with E-state index in [1.54, 1.807) is 0 Å². The summed E-state index contributed by atoms with van der Waals surface area (Å²) >= 11 is 0. The average molecular weight is 324 g/mol. The van der Waals surface area contributed by atoms with Crippen molar-refractivity contribution in [2.75, 3.05) is 0 Å². The molecular weight excluding hydrogens is 310 g/mol. The van der Waals surface area contributed by atoms with Crippen molar-refractivity contribution in [2.24, 2.45) is 0 Å². The summed E-state index contributed by atoms with van der Waals surface area (Å²) in [5, 5.41) is 0. The van der Waals surface area contributed by atoms with Gasteiger partial charge in [0.25, 0.3) is 11.5 Å². The Morgan fingerprint density at radius 2 is 1.88 bits per heavy atom. The van der Waals surface area contributed by atoms with Crippen molar-refractivity contribution in [1.82, 2.24) is 18.9 Å². The van der Waals surface area contributed by atoms with Crippen molar-refractivity contribution in [3.05, 3.63) is 78.9 Å². The van der Waals surface area contributed by atoms with Crippen LogP contribution in [0.25, 0.3) is 33.9 Å². The molecule has 0 atom stereocenters. The van der Waals surface area contributed by atoms with Crippen LogP contribution in [0.2, 0.25) is 0 Å². The van der Waals surface area contributed by atoms with Crippen LogP contribution in [-0.4, -0.2) is 18.9 Å². The number of para-hydroxylation sites is 1. The van der Waals surface area contributed by atoms with Gasteiger partial charge in [0, 0.05) is 24.0 Å². The standard InChI is InChI=1S/C20H14N5/c1-2-6-15(7-3-1)25-17-11-16-8-10-21-13-24(16)19(17)23-12-14-5-4-9-22-18(14)20(23)25/h1-11,13H,12H2/q+1. The second kappa shape index (κ2) is 4.54. The van der Waals surface area contributed by atoms with Gasteiger partial charge in [0.15, 0.2) is 11.8 Å². The first-order chi connectivity index (χ1) is 12.4. The van der Waals surface area contributed by atoms with Crippen molar-refractivity contribution in [3.8, 4) is 17.2 Å². The zero-order valence-electron chi connectivity index (χ0n) is 13.4. The molecule has 0 amide bonds. The number of hydrogen-bond donors (Lipinski definition) is 0. The van der Waals surface area contributed by atoms with Gasteiger partial charge < -0.3 is 0 Å². The monoisotopic (exact) mass is 324 g/mol. The third-order valence-electron chi connectivity index (χ3n) is 4.94. The lowest BCUT2D eigenvalue weighted by Gasteiger charge is -2.02. The molecule has 0 saturated carbocycles. The number of imidazole rings is 1. The second-order valence-electron chi connectivity index (χ2n) is 6.32. The fourth-order valence-corrected chi connectivity index (χ4v) is 3.92. The van der Waals surface area contributed by atoms with Gasteiger partial charge in [-0.1, -0.05) is 24.3 Å². The van der Waals surface area contributed by atoms with E-state index in [9.17, 15) is 0 Å². The van der Waals surface area contributed by atoms with Gasteiger partial charge in [0.05, 0.1) is 6.54 Å². The minimum atomic E-state index is 0.829. The van der Waals surface area contributed by atoms with Gasteiger partial charge in [-0.25, -0.2) is 23.5 Å². The highest BCUT2D eigenvalue weighted by molar-refractivity contribution is 5.84. The highest BCUT2D eigenvalue weighted by Crippen LogP contribution is 2.33. The first-order valence-corrected chi connectivity index (χ1v) is 8.31. The van der Waals surface area contributed by atoms with Gasteiger partial charge in [-0.05, 0) is 24.3 Å². The van der Waals surface area contributed by atoms with Gasteiger partial charge >= 0.3 is 0 Å². The SMILES string of the molecule is c1ccc(-n2c3[n+](c4c2cc2ccncn24)Cc2cccnc2-3)cc1. The van der Waals surface area contributed by atoms with Gasteiger partial charge in [0.2, 0.25) is 0 Å². The lowest BCUT2D eigenvalue weighted by molar-refractivity contribution is -0.648. The number of fused-ring (bicyclic) bond motifs is 7. The number of pyridine rings is 1. The molecule has 0 bridgehead atoms. The fourth-order valence-electron chi connectivity index (χ4n) is 3.92. The van der Waals surface area contributed by atoms with E-state index < -0.39 is 0 Å². The minimum Gasteiger partial charge on any atom is -0.249 e. The molecule has 0 fully saturated rings. The molecule has 0 radical (unpaired) electrons. The maximum Gasteiger partial charge on any atom is 0.275 e. The molecule has 0 unspecified atom stereocenters. The minimum absolute atomic E-state index is 0.829. The topological polar surface area (TPSA) is 39.0 Å². The smallest absolute Gasteiger partial charge is 0.249 e. The summed E-state index contributed by atoms with van der Waals surface area (Å²) in [6.07, 6.45) is 5.59. The van der Waals surface area contributed by atoms with E-state index in [-0.39, 0.29) is 0 Å². The number of hydrogen-bond acceptors (Lipinski definition) is 2. The van der Waals surface area contributed by atoms with Crippen LogP contribution in [0.5, 0.6) is 0 Å². The summed E-state index contributed by atoms with van der Waals surface area (Å²) < 4.78 is 6.81. The van der Waals surface area contributed by atoms with E-state index in [1.807, 2.05) is 36.9 Å². The molecule has 5 aromatic rings. The Balaban J connectivity index is 1.83. The molecule has 6 rings (SSSR count). The summed E-state index contributed by atoms with van der Waals surface area (Å²) in [5.41, 5.74) is 6.92. The van der Waals surface area contributed by atoms with E-state index in [0.29, 0.717) is 0 Å². The third kappa shape index (κ3) is 1.59. The van der Waals surface area contributed by atoms with Crippen molar-refractivity contribution < 1.29 is 4.57 Å². The summed E-state index contributed by atoms with van der Waals surface area (Å²) in [4.78, 5) is 8.99. The van der Waals surface area contributed by atoms with Crippen LogP contribution in [0, 0.1) is 0 Å². The molecular formula is C20H14N5+. The number of aromatic nitrogens is 5. The van der Waals surface area contributed by atoms with Gasteiger partial charge in [-0.3, -0.25) is 0 Å². The Hall–Kier alpha value is -3.47. The van der Waals surface area contributed by atoms with Crippen LogP contribution in [-0.2, 0) is 6.54 Å². The molecule has 1 aromatic carbocycles. The molecule has 25 heavy (non-hydrogen) atoms. The van der Waals surface area contributed by atoms with Crippen LogP contribution in [0.3, 0.4) is 0 Å². The van der Waals surface area contributed by atoms with Crippen molar-refractivity contribution in [1.29, 1.82) is 0 Å². The Kier molecular flexibility index (Phi) is 2.34. The lowest BCUT2D eigenvalue weighted by atomic mass is 10.2. The Labute approximate surface area is 143 Å². The van der Waals surface area contributed by atoms with Crippen LogP contribution in [0.4, 0.5) is 0 Å². The lowest BCUT2D eigenvalue weighted by Crippen LogP contribution is -2.32. The van der Waals surface area contributed by atoms with E-state index in [0.717, 1.165) is 34.9 Å². The molecule has 118 valence electrons. The number of nitrogens with zero attached hydrogens (tertiary/aromatic N) is 5. The average Bonchev–Trinajstić information content (AvgIpc) is 3.29. The number of benzene rings is 1. The summed E-state index contributed by atoms with van der Waals surface area (Å²) in [6, 6.07) is 18.9. The van der Waals surface area contributed by atoms with E-state index in [2.05, 4.69) is 59.9 Å². The van der Waals surface area contributed by atoms with E-state index >= 15 is 0 Å². The third-order valence-corrected chi connectivity index (χ3v) is 4.94. The predicted molar refractivity (Wildman–Crippen MR) is 94.6 cm³/mol. The molecule has 0 aliphatic carbocycles. The molecule has 0 saturated heterocycles. The van der Waals surface area contributed by atoms with Gasteiger partial charge in [0.1, 0.15) is 16.9 Å². The van der Waals surface area contributed by atoms with Crippen LogP contribution < -0.4 is 4.57 Å². The summed E-state index contributed by atoms with van der Waals surface area (Å²) in [7, 11) is 0. The Morgan fingerprint density at radius 3 is 2.80 bits per heavy atom. The predicted octanol–water partition coefficient (Wildman–Crippen LogP) is 2.99. The largest absolute Gasteiger partial charge is 0.275 e. The molecule has 5 heterocycles. The molecule has 5 heteroatoms. The first-order valence-electron chi connectivity index (χ1n) is 8.31. The van der Waals surface area contributed by atoms with Gasteiger partial charge in [-0.15, -0.1) is 0 Å². The molecule has 0 spiro atoms. The summed E-state index contributed by atoms with van der Waals surface area (Å²) in [5.74, 6) is 1.13. The zero-order valence-corrected chi connectivity index (χ0v) is 13.4. The maximum atomic E-state index is 4.68. The summed E-state index contributed by atoms with van der Waals surface area (Å²) in [6.45, 7) is 0.829. The first kappa shape index (κ1) is 12.9. The van der Waals surface area contributed by atoms with Crippen molar-refractivity contribution >= 4 is 16.7 Å². The second-order valence-corrected chi connectivity index (χ2v) is 6.32. The fraction of sp³-hybridized carbons (Fsp3) is 0.0500. The molecule has 1 aliphatic heterocycles. The van der Waals surface area contributed by atoms with Crippen molar-refractivity contribution in [2.45, 2.75) is 6.54 Å². The van der Waals surface area contributed by atoms with Crippen LogP contribution in [0.1, 0.15) is 5.56 Å². The Morgan fingerprint density at radius 1 is 0.960 bits per heavy atom. The molecule has 1 aliphatic rings. The highest BCUT2D eigenvalue weighted by Gasteiger charge is 2.35. The van der Waals surface area contributed by atoms with Crippen molar-refractivity contribution in [3.63, 3.8) is 0 Å². The van der Waals surface area contributed by atoms with E-state index in [4.69, 9.17) is 0 Å². The van der Waals surface area contributed by atoms with Gasteiger partial charge in [-0.2, -0.15) is 0 Å². The van der Waals surface area contributed by atoms with Crippen LogP contribution >= 0.6 is 0 Å². The zero-order chi connectivity index (χ0) is 16.4. The number of rotatable bonds is 1. The molecule has 0 N–H and O–H groups in total. The van der Waals surface area contributed by atoms with Crippen LogP contribution in [0.15, 0.2) is 73.3 Å². The molecule has 4 aromatic heterocycles. The van der Waals surface area contributed by atoms with E-state index in [1.165, 1.54) is 11.1 Å². The quantitative estimate of drug-likeness (QED) is 0.436. The molecule has 5 nitrogen and oxygen atoms in total.